The van der Waals surface area contributed by atoms with Crippen LogP contribution in [0.4, 0.5) is 0 Å². The zero-order chi connectivity index (χ0) is 13.9. The molecule has 1 atom stereocenters. The molecule has 0 spiro atoms. The third-order valence-corrected chi connectivity index (χ3v) is 2.74. The number of aromatic nitrogens is 2. The normalized spacial score (nSPS) is 12.6. The van der Waals surface area contributed by atoms with E-state index in [4.69, 9.17) is 9.47 Å². The molecule has 0 saturated heterocycles. The van der Waals surface area contributed by atoms with Crippen molar-refractivity contribution in [2.75, 3.05) is 26.9 Å². The fourth-order valence-corrected chi connectivity index (χ4v) is 1.78. The highest BCUT2D eigenvalue weighted by atomic mass is 16.5. The first-order valence-electron chi connectivity index (χ1n) is 6.93. The Bertz CT molecular complexity index is 324. The number of ether oxygens (including phenoxy) is 2. The van der Waals surface area contributed by atoms with Gasteiger partial charge in [0.25, 0.3) is 0 Å². The van der Waals surface area contributed by atoms with Crippen LogP contribution in [0.3, 0.4) is 0 Å². The summed E-state index contributed by atoms with van der Waals surface area (Å²) >= 11 is 0. The molecule has 1 N–H and O–H groups in total. The van der Waals surface area contributed by atoms with E-state index in [-0.39, 0.29) is 6.10 Å². The molecule has 0 radical (unpaired) electrons. The largest absolute Gasteiger partial charge is 0.383 e. The minimum absolute atomic E-state index is 0.0190. The average molecular weight is 267 g/mol. The monoisotopic (exact) mass is 267 g/mol. The summed E-state index contributed by atoms with van der Waals surface area (Å²) in [5.74, 6) is 0.782. The quantitative estimate of drug-likeness (QED) is 0.658. The van der Waals surface area contributed by atoms with E-state index in [9.17, 15) is 0 Å². The van der Waals surface area contributed by atoms with Gasteiger partial charge in [0.05, 0.1) is 6.61 Å². The van der Waals surface area contributed by atoms with Crippen molar-refractivity contribution in [1.29, 1.82) is 0 Å². The molecule has 1 rings (SSSR count). The van der Waals surface area contributed by atoms with E-state index >= 15 is 0 Å². The Kier molecular flexibility index (Phi) is 8.29. The van der Waals surface area contributed by atoms with E-state index in [1.807, 2.05) is 19.3 Å². The van der Waals surface area contributed by atoms with Gasteiger partial charge in [-0.3, -0.25) is 0 Å². The van der Waals surface area contributed by atoms with Gasteiger partial charge in [0.2, 0.25) is 0 Å². The van der Waals surface area contributed by atoms with Crippen molar-refractivity contribution in [2.45, 2.75) is 39.3 Å². The fourth-order valence-electron chi connectivity index (χ4n) is 1.78. The molecule has 0 aliphatic heterocycles. The summed E-state index contributed by atoms with van der Waals surface area (Å²) in [6, 6.07) is 0. The van der Waals surface area contributed by atoms with Crippen LogP contribution < -0.4 is 5.32 Å². The third-order valence-electron chi connectivity index (χ3n) is 2.74. The van der Waals surface area contributed by atoms with Gasteiger partial charge in [-0.1, -0.05) is 13.3 Å². The molecule has 0 aliphatic rings. The molecule has 19 heavy (non-hydrogen) atoms. The lowest BCUT2D eigenvalue weighted by molar-refractivity contribution is 0.0493. The van der Waals surface area contributed by atoms with E-state index in [2.05, 4.69) is 22.2 Å². The summed E-state index contributed by atoms with van der Waals surface area (Å²) in [4.78, 5) is 8.82. The molecule has 0 saturated carbocycles. The lowest BCUT2D eigenvalue weighted by Gasteiger charge is -2.14. The SMILES string of the molecule is CCCC(OCC)c1ncc(CNCCOC)cn1. The molecular formula is C14H25N3O2. The highest BCUT2D eigenvalue weighted by Crippen LogP contribution is 2.18. The van der Waals surface area contributed by atoms with Gasteiger partial charge in [-0.05, 0) is 13.3 Å². The first-order valence-corrected chi connectivity index (χ1v) is 6.93. The second-order valence-electron chi connectivity index (χ2n) is 4.35. The van der Waals surface area contributed by atoms with Crippen LogP contribution in [-0.2, 0) is 16.0 Å². The summed E-state index contributed by atoms with van der Waals surface area (Å²) in [6.45, 7) is 7.12. The highest BCUT2D eigenvalue weighted by molar-refractivity contribution is 5.06. The smallest absolute Gasteiger partial charge is 0.157 e. The summed E-state index contributed by atoms with van der Waals surface area (Å²) in [7, 11) is 1.70. The summed E-state index contributed by atoms with van der Waals surface area (Å²) in [6.07, 6.45) is 5.77. The van der Waals surface area contributed by atoms with Crippen molar-refractivity contribution in [3.63, 3.8) is 0 Å². The molecule has 5 heteroatoms. The number of methoxy groups -OCH3 is 1. The Hall–Kier alpha value is -1.04. The minimum Gasteiger partial charge on any atom is -0.383 e. The first kappa shape index (κ1) is 16.0. The van der Waals surface area contributed by atoms with E-state index < -0.39 is 0 Å². The maximum absolute atomic E-state index is 5.66. The van der Waals surface area contributed by atoms with E-state index in [0.29, 0.717) is 13.2 Å². The molecule has 0 amide bonds. The first-order chi connectivity index (χ1) is 9.31. The van der Waals surface area contributed by atoms with Gasteiger partial charge in [-0.25, -0.2) is 9.97 Å². The molecule has 0 fully saturated rings. The Morgan fingerprint density at radius 1 is 1.26 bits per heavy atom. The van der Waals surface area contributed by atoms with Gasteiger partial charge in [0, 0.05) is 44.8 Å². The van der Waals surface area contributed by atoms with Gasteiger partial charge in [-0.15, -0.1) is 0 Å². The molecule has 5 nitrogen and oxygen atoms in total. The lowest BCUT2D eigenvalue weighted by atomic mass is 10.2. The molecule has 1 aromatic heterocycles. The van der Waals surface area contributed by atoms with Crippen LogP contribution in [0.15, 0.2) is 12.4 Å². The van der Waals surface area contributed by atoms with Gasteiger partial charge in [0.15, 0.2) is 5.82 Å². The number of hydrogen-bond acceptors (Lipinski definition) is 5. The summed E-state index contributed by atoms with van der Waals surface area (Å²) < 4.78 is 10.6. The van der Waals surface area contributed by atoms with Crippen LogP contribution in [0, 0.1) is 0 Å². The van der Waals surface area contributed by atoms with Crippen molar-refractivity contribution >= 4 is 0 Å². The van der Waals surface area contributed by atoms with Crippen molar-refractivity contribution in [2.24, 2.45) is 0 Å². The molecular weight excluding hydrogens is 242 g/mol. The molecule has 0 aliphatic carbocycles. The van der Waals surface area contributed by atoms with Crippen LogP contribution in [0.25, 0.3) is 0 Å². The molecule has 0 aromatic carbocycles. The van der Waals surface area contributed by atoms with Crippen LogP contribution in [0.5, 0.6) is 0 Å². The topological polar surface area (TPSA) is 56.3 Å². The number of rotatable bonds is 10. The second-order valence-corrected chi connectivity index (χ2v) is 4.35. The molecule has 1 heterocycles. The van der Waals surface area contributed by atoms with Crippen LogP contribution in [0.2, 0.25) is 0 Å². The van der Waals surface area contributed by atoms with Crippen LogP contribution in [0.1, 0.15) is 44.2 Å². The highest BCUT2D eigenvalue weighted by Gasteiger charge is 2.13. The van der Waals surface area contributed by atoms with Crippen molar-refractivity contribution in [1.82, 2.24) is 15.3 Å². The molecule has 108 valence electrons. The van der Waals surface area contributed by atoms with Crippen molar-refractivity contribution < 1.29 is 9.47 Å². The van der Waals surface area contributed by atoms with E-state index in [0.717, 1.165) is 37.3 Å². The van der Waals surface area contributed by atoms with E-state index in [1.165, 1.54) is 0 Å². The predicted molar refractivity (Wildman–Crippen MR) is 74.9 cm³/mol. The Balaban J connectivity index is 2.49. The Morgan fingerprint density at radius 2 is 2.00 bits per heavy atom. The average Bonchev–Trinajstić information content (AvgIpc) is 2.44. The summed E-state index contributed by atoms with van der Waals surface area (Å²) in [5, 5.41) is 3.27. The Morgan fingerprint density at radius 3 is 2.58 bits per heavy atom. The zero-order valence-corrected chi connectivity index (χ0v) is 12.2. The van der Waals surface area contributed by atoms with Gasteiger partial charge in [0.1, 0.15) is 6.10 Å². The summed E-state index contributed by atoms with van der Waals surface area (Å²) in [5.41, 5.74) is 1.08. The number of nitrogens with one attached hydrogen (secondary N) is 1. The predicted octanol–water partition coefficient (Wildman–Crippen LogP) is 2.09. The van der Waals surface area contributed by atoms with Gasteiger partial charge in [-0.2, -0.15) is 0 Å². The van der Waals surface area contributed by atoms with Crippen molar-refractivity contribution in [3.05, 3.63) is 23.8 Å². The van der Waals surface area contributed by atoms with Crippen molar-refractivity contribution in [3.8, 4) is 0 Å². The number of hydrogen-bond donors (Lipinski definition) is 1. The Labute approximate surface area is 115 Å². The van der Waals surface area contributed by atoms with Gasteiger partial charge < -0.3 is 14.8 Å². The van der Waals surface area contributed by atoms with Crippen LogP contribution >= 0.6 is 0 Å². The van der Waals surface area contributed by atoms with Gasteiger partial charge >= 0.3 is 0 Å². The minimum atomic E-state index is 0.0190. The molecule has 1 unspecified atom stereocenters. The fraction of sp³-hybridized carbons (Fsp3) is 0.714. The maximum Gasteiger partial charge on any atom is 0.157 e. The molecule has 1 aromatic rings. The second kappa shape index (κ2) is 9.83. The third kappa shape index (κ3) is 6.09. The molecule has 0 bridgehead atoms. The van der Waals surface area contributed by atoms with Crippen LogP contribution in [-0.4, -0.2) is 36.8 Å². The maximum atomic E-state index is 5.66. The lowest BCUT2D eigenvalue weighted by Crippen LogP contribution is -2.19. The van der Waals surface area contributed by atoms with E-state index in [1.54, 1.807) is 7.11 Å². The standard InChI is InChI=1S/C14H25N3O2/c1-4-6-13(19-5-2)14-16-10-12(11-17-14)9-15-7-8-18-3/h10-11,13,15H,4-9H2,1-3H3. The number of nitrogens with zero attached hydrogens (tertiary/aromatic N) is 2. The zero-order valence-electron chi connectivity index (χ0n) is 12.2.